The van der Waals surface area contributed by atoms with Gasteiger partial charge in [0.15, 0.2) is 0 Å². The van der Waals surface area contributed by atoms with E-state index >= 15 is 0 Å². The highest BCUT2D eigenvalue weighted by molar-refractivity contribution is 6.10. The van der Waals surface area contributed by atoms with Crippen molar-refractivity contribution < 1.29 is 42.7 Å². The number of carboxylic acid groups (broad SMARTS) is 1. The van der Waals surface area contributed by atoms with Crippen LogP contribution in [0.2, 0.25) is 0 Å². The summed E-state index contributed by atoms with van der Waals surface area (Å²) in [6.07, 6.45) is 6.10. The van der Waals surface area contributed by atoms with Gasteiger partial charge in [-0.05, 0) is 37.9 Å². The molecule has 3 atom stereocenters. The lowest BCUT2D eigenvalue weighted by Gasteiger charge is -2.20. The summed E-state index contributed by atoms with van der Waals surface area (Å²) in [4.78, 5) is 80.0. The van der Waals surface area contributed by atoms with Gasteiger partial charge in [0.25, 0.3) is 11.8 Å². The number of carboxylic acids is 1. The molecule has 1 aliphatic rings. The van der Waals surface area contributed by atoms with E-state index in [4.69, 9.17) is 17.4 Å². The molecule has 0 radical (unpaired) electrons. The molecule has 15 nitrogen and oxygen atoms in total. The number of halogens is 2. The minimum absolute atomic E-state index is 0.0687. The molecule has 0 aliphatic carbocycles. The number of para-hydroxylation sites is 1. The van der Waals surface area contributed by atoms with E-state index in [2.05, 4.69) is 32.2 Å². The van der Waals surface area contributed by atoms with Crippen LogP contribution in [-0.4, -0.2) is 94.2 Å². The fourth-order valence-corrected chi connectivity index (χ4v) is 5.08. The number of amides is 5. The molecule has 0 saturated carbocycles. The van der Waals surface area contributed by atoms with Crippen molar-refractivity contribution in [1.29, 1.82) is 5.26 Å². The number of anilines is 1. The first kappa shape index (κ1) is 37.8. The van der Waals surface area contributed by atoms with Gasteiger partial charge in [-0.3, -0.25) is 29.0 Å². The van der Waals surface area contributed by atoms with E-state index in [0.29, 0.717) is 19.4 Å². The number of alkyl halides is 2. The number of unbranched alkanes of at least 4 members (excludes halogenated alkanes) is 1. The van der Waals surface area contributed by atoms with Gasteiger partial charge in [-0.1, -0.05) is 12.1 Å². The zero-order valence-electron chi connectivity index (χ0n) is 26.3. The van der Waals surface area contributed by atoms with Gasteiger partial charge in [0.1, 0.15) is 18.1 Å². The van der Waals surface area contributed by atoms with E-state index in [9.17, 15) is 42.7 Å². The molecule has 2 heterocycles. The second-order valence-corrected chi connectivity index (χ2v) is 11.2. The van der Waals surface area contributed by atoms with Crippen molar-refractivity contribution in [2.75, 3.05) is 25.0 Å². The Morgan fingerprint density at radius 3 is 2.51 bits per heavy atom. The van der Waals surface area contributed by atoms with Crippen molar-refractivity contribution in [1.82, 2.24) is 25.8 Å². The number of nitrogens with two attached hydrogens (primary N) is 1. The lowest BCUT2D eigenvalue weighted by Crippen LogP contribution is -2.51. The number of pyridine rings is 1. The molecule has 3 rings (SSSR count). The summed E-state index contributed by atoms with van der Waals surface area (Å²) in [6.45, 7) is -1.19. The number of aromatic nitrogens is 1. The third-order valence-corrected chi connectivity index (χ3v) is 7.54. The highest BCUT2D eigenvalue weighted by atomic mass is 19.3. The van der Waals surface area contributed by atoms with E-state index in [1.54, 1.807) is 12.1 Å². The first-order chi connectivity index (χ1) is 23.3. The number of hydrogen-bond acceptors (Lipinski definition) is 9. The summed E-state index contributed by atoms with van der Waals surface area (Å²) in [5.74, 6) is -5.85. The third kappa shape index (κ3) is 10.7. The SMILES string of the molecule is C#CC[C@H](NC(=O)CCC(=O)Nc1cccc2c(C(=O)NCC(=O)N3CC(F)(F)C[C@H]3C#N)ccnc12)C(=O)N[C@@H](CCCCN)C(=O)O. The summed E-state index contributed by atoms with van der Waals surface area (Å²) in [7, 11) is 0. The maximum absolute atomic E-state index is 13.7. The molecule has 5 amide bonds. The van der Waals surface area contributed by atoms with Crippen LogP contribution in [0.1, 0.15) is 55.3 Å². The standard InChI is InChI=1S/C32H36F2N8O7/c1-2-6-23(30(47)41-24(31(48)49)8-3-4-13-35)40-26(44)11-10-25(43)39-22-9-5-7-20-21(12-14-37-28(20)22)29(46)38-17-27(45)42-18-32(33,34)15-19(42)16-36/h1,5,7,9,12,14,19,23-24H,3-4,6,8,10-11,13,15,17-18,35H2,(H,38,46)(H,39,43)(H,40,44)(H,41,47)(H,48,49)/t19-,23-,24-/m0/s1. The van der Waals surface area contributed by atoms with Crippen LogP contribution in [0.25, 0.3) is 10.9 Å². The maximum Gasteiger partial charge on any atom is 0.326 e. The number of nitrogens with one attached hydrogen (secondary N) is 4. The van der Waals surface area contributed by atoms with Crippen molar-refractivity contribution in [3.8, 4) is 18.4 Å². The van der Waals surface area contributed by atoms with Crippen LogP contribution in [0, 0.1) is 23.7 Å². The lowest BCUT2D eigenvalue weighted by atomic mass is 10.1. The zero-order valence-corrected chi connectivity index (χ0v) is 26.3. The van der Waals surface area contributed by atoms with Gasteiger partial charge in [0.2, 0.25) is 23.6 Å². The number of nitriles is 1. The maximum atomic E-state index is 13.7. The van der Waals surface area contributed by atoms with Crippen LogP contribution in [-0.2, 0) is 24.0 Å². The molecule has 1 aliphatic heterocycles. The van der Waals surface area contributed by atoms with Gasteiger partial charge in [-0.15, -0.1) is 12.3 Å². The number of hydrogen-bond donors (Lipinski definition) is 6. The summed E-state index contributed by atoms with van der Waals surface area (Å²) in [5.41, 5.74) is 5.90. The summed E-state index contributed by atoms with van der Waals surface area (Å²) < 4.78 is 27.4. The second-order valence-electron chi connectivity index (χ2n) is 11.2. The van der Waals surface area contributed by atoms with Gasteiger partial charge in [-0.25, -0.2) is 13.6 Å². The van der Waals surface area contributed by atoms with E-state index in [1.165, 1.54) is 24.4 Å². The Labute approximate surface area is 280 Å². The summed E-state index contributed by atoms with van der Waals surface area (Å²) in [5, 5.41) is 28.6. The number of carbonyl (C=O) groups is 6. The second kappa shape index (κ2) is 17.5. The van der Waals surface area contributed by atoms with Gasteiger partial charge >= 0.3 is 5.97 Å². The van der Waals surface area contributed by atoms with E-state index in [-0.39, 0.29) is 47.8 Å². The number of rotatable bonds is 16. The average Bonchev–Trinajstić information content (AvgIpc) is 3.39. The largest absolute Gasteiger partial charge is 0.480 e. The molecule has 0 bridgehead atoms. The minimum Gasteiger partial charge on any atom is -0.480 e. The van der Waals surface area contributed by atoms with Crippen molar-refractivity contribution >= 4 is 52.1 Å². The van der Waals surface area contributed by atoms with E-state index in [1.807, 2.05) is 0 Å². The predicted molar refractivity (Wildman–Crippen MR) is 170 cm³/mol. The topological polar surface area (TPSA) is 237 Å². The fourth-order valence-electron chi connectivity index (χ4n) is 5.08. The number of aliphatic carboxylic acids is 1. The Morgan fingerprint density at radius 2 is 1.84 bits per heavy atom. The normalized spacial score (nSPS) is 16.0. The molecular weight excluding hydrogens is 646 g/mol. The molecule has 0 unspecified atom stereocenters. The van der Waals surface area contributed by atoms with Crippen LogP contribution < -0.4 is 27.0 Å². The molecule has 0 spiro atoms. The number of likely N-dealkylation sites (tertiary alicyclic amines) is 1. The molecule has 1 saturated heterocycles. The number of nitrogens with zero attached hydrogens (tertiary/aromatic N) is 3. The average molecular weight is 683 g/mol. The smallest absolute Gasteiger partial charge is 0.326 e. The van der Waals surface area contributed by atoms with Gasteiger partial charge < -0.3 is 37.0 Å². The molecule has 7 N–H and O–H groups in total. The monoisotopic (exact) mass is 682 g/mol. The Morgan fingerprint density at radius 1 is 1.10 bits per heavy atom. The molecule has 1 aromatic carbocycles. The Balaban J connectivity index is 1.59. The highest BCUT2D eigenvalue weighted by Gasteiger charge is 2.47. The van der Waals surface area contributed by atoms with Crippen LogP contribution >= 0.6 is 0 Å². The molecule has 1 fully saturated rings. The minimum atomic E-state index is -3.20. The fraction of sp³-hybridized carbons (Fsp3) is 0.438. The Bertz CT molecular complexity index is 1670. The first-order valence-electron chi connectivity index (χ1n) is 15.3. The van der Waals surface area contributed by atoms with Crippen LogP contribution in [0.3, 0.4) is 0 Å². The predicted octanol–water partition coefficient (Wildman–Crippen LogP) is 0.650. The number of benzene rings is 1. The quantitative estimate of drug-likeness (QED) is 0.107. The van der Waals surface area contributed by atoms with Gasteiger partial charge in [0, 0.05) is 37.3 Å². The number of carbonyl (C=O) groups excluding carboxylic acids is 5. The zero-order chi connectivity index (χ0) is 36.1. The van der Waals surface area contributed by atoms with E-state index in [0.717, 1.165) is 4.90 Å². The number of terminal acetylenes is 1. The Kier molecular flexibility index (Phi) is 13.5. The van der Waals surface area contributed by atoms with Crippen LogP contribution in [0.15, 0.2) is 30.5 Å². The summed E-state index contributed by atoms with van der Waals surface area (Å²) >= 11 is 0. The Hall–Kier alpha value is -5.68. The van der Waals surface area contributed by atoms with Crippen molar-refractivity contribution in [3.63, 3.8) is 0 Å². The van der Waals surface area contributed by atoms with E-state index < -0.39 is 79.1 Å². The van der Waals surface area contributed by atoms with Crippen molar-refractivity contribution in [2.45, 2.75) is 69.0 Å². The molecule has 17 heteroatoms. The summed E-state index contributed by atoms with van der Waals surface area (Å²) in [6, 6.07) is 3.87. The third-order valence-electron chi connectivity index (χ3n) is 7.54. The molecule has 1 aromatic heterocycles. The van der Waals surface area contributed by atoms with Gasteiger partial charge in [0.05, 0.1) is 35.9 Å². The molecule has 49 heavy (non-hydrogen) atoms. The molecule has 260 valence electrons. The van der Waals surface area contributed by atoms with Crippen molar-refractivity contribution in [3.05, 3.63) is 36.0 Å². The highest BCUT2D eigenvalue weighted by Crippen LogP contribution is 2.31. The molecule has 2 aromatic rings. The molecular formula is C32H36F2N8O7. The van der Waals surface area contributed by atoms with Crippen LogP contribution in [0.5, 0.6) is 0 Å². The van der Waals surface area contributed by atoms with Crippen molar-refractivity contribution in [2.24, 2.45) is 5.73 Å². The van der Waals surface area contributed by atoms with Gasteiger partial charge in [-0.2, -0.15) is 5.26 Å². The first-order valence-corrected chi connectivity index (χ1v) is 15.3. The number of fused-ring (bicyclic) bond motifs is 1. The lowest BCUT2D eigenvalue weighted by molar-refractivity contribution is -0.142. The van der Waals surface area contributed by atoms with Crippen LogP contribution in [0.4, 0.5) is 14.5 Å².